The summed E-state index contributed by atoms with van der Waals surface area (Å²) in [6.07, 6.45) is 1.86. The van der Waals surface area contributed by atoms with Crippen molar-refractivity contribution in [3.8, 4) is 0 Å². The summed E-state index contributed by atoms with van der Waals surface area (Å²) in [6, 6.07) is 5.72. The van der Waals surface area contributed by atoms with Crippen molar-refractivity contribution in [1.29, 1.82) is 0 Å². The number of carbonyl (C=O) groups excluding carboxylic acids is 2. The standard InChI is InChI=1S/C17H17FN2O4S3/c18-13-4-2-1-3-11(13)9-14-16(22)20(17(25)26-14)7-5-15(21)19-12-6-8-27(23,24)10-12/h1-4,9,12H,5-8,10H2,(H,19,21)/b14-9+. The lowest BCUT2D eigenvalue weighted by molar-refractivity contribution is -0.124. The highest BCUT2D eigenvalue weighted by atomic mass is 32.2. The van der Waals surface area contributed by atoms with Gasteiger partial charge in [-0.2, -0.15) is 0 Å². The zero-order chi connectivity index (χ0) is 19.6. The third-order valence-electron chi connectivity index (χ3n) is 4.23. The van der Waals surface area contributed by atoms with Crippen LogP contribution >= 0.6 is 24.0 Å². The van der Waals surface area contributed by atoms with Crippen LogP contribution in [0.15, 0.2) is 29.2 Å². The van der Waals surface area contributed by atoms with Crippen molar-refractivity contribution in [3.05, 3.63) is 40.6 Å². The maximum absolute atomic E-state index is 13.8. The Morgan fingerprint density at radius 2 is 2.15 bits per heavy atom. The van der Waals surface area contributed by atoms with Gasteiger partial charge in [0.15, 0.2) is 9.84 Å². The Hall–Kier alpha value is -1.78. The van der Waals surface area contributed by atoms with Gasteiger partial charge < -0.3 is 5.32 Å². The summed E-state index contributed by atoms with van der Waals surface area (Å²) in [5.41, 5.74) is 0.290. The van der Waals surface area contributed by atoms with Crippen LogP contribution in [0.4, 0.5) is 4.39 Å². The van der Waals surface area contributed by atoms with E-state index in [4.69, 9.17) is 12.2 Å². The number of hydrogen-bond acceptors (Lipinski definition) is 6. The van der Waals surface area contributed by atoms with Gasteiger partial charge in [0.05, 0.1) is 16.4 Å². The van der Waals surface area contributed by atoms with E-state index >= 15 is 0 Å². The smallest absolute Gasteiger partial charge is 0.266 e. The molecule has 144 valence electrons. The van der Waals surface area contributed by atoms with E-state index in [1.54, 1.807) is 18.2 Å². The second-order valence-corrected chi connectivity index (χ2v) is 10.2. The van der Waals surface area contributed by atoms with Crippen LogP contribution in [0.1, 0.15) is 18.4 Å². The third kappa shape index (κ3) is 4.94. The zero-order valence-corrected chi connectivity index (χ0v) is 16.6. The molecule has 1 unspecified atom stereocenters. The minimum atomic E-state index is -3.07. The molecule has 2 saturated heterocycles. The molecule has 2 aliphatic rings. The molecule has 3 rings (SSSR count). The minimum absolute atomic E-state index is 0.00989. The molecule has 2 heterocycles. The highest BCUT2D eigenvalue weighted by Gasteiger charge is 2.33. The van der Waals surface area contributed by atoms with E-state index in [1.807, 2.05) is 0 Å². The van der Waals surface area contributed by atoms with E-state index in [-0.39, 0.29) is 47.9 Å². The van der Waals surface area contributed by atoms with Crippen LogP contribution < -0.4 is 5.32 Å². The number of nitrogens with zero attached hydrogens (tertiary/aromatic N) is 1. The van der Waals surface area contributed by atoms with Gasteiger partial charge >= 0.3 is 0 Å². The molecule has 1 N–H and O–H groups in total. The normalized spacial score (nSPS) is 23.2. The molecule has 1 aromatic rings. The lowest BCUT2D eigenvalue weighted by Crippen LogP contribution is -2.38. The van der Waals surface area contributed by atoms with Gasteiger partial charge in [0.1, 0.15) is 10.1 Å². The predicted octanol–water partition coefficient (Wildman–Crippen LogP) is 1.72. The molecule has 1 atom stereocenters. The highest BCUT2D eigenvalue weighted by molar-refractivity contribution is 8.26. The second kappa shape index (κ2) is 8.07. The molecule has 0 aromatic heterocycles. The molecule has 0 radical (unpaired) electrons. The Morgan fingerprint density at radius 3 is 2.81 bits per heavy atom. The number of nitrogens with one attached hydrogen (secondary N) is 1. The van der Waals surface area contributed by atoms with Gasteiger partial charge in [-0.05, 0) is 18.6 Å². The van der Waals surface area contributed by atoms with Crippen molar-refractivity contribution in [2.75, 3.05) is 18.1 Å². The summed E-state index contributed by atoms with van der Waals surface area (Å²) in [7, 11) is -3.07. The molecule has 0 aliphatic carbocycles. The van der Waals surface area contributed by atoms with E-state index < -0.39 is 15.7 Å². The molecule has 2 aliphatic heterocycles. The Bertz CT molecular complexity index is 930. The van der Waals surface area contributed by atoms with E-state index in [0.29, 0.717) is 15.6 Å². The maximum Gasteiger partial charge on any atom is 0.266 e. The molecule has 1 aromatic carbocycles. The molecular weight excluding hydrogens is 411 g/mol. The van der Waals surface area contributed by atoms with Gasteiger partial charge in [0, 0.05) is 24.6 Å². The van der Waals surface area contributed by atoms with Crippen LogP contribution in [-0.4, -0.2) is 53.5 Å². The zero-order valence-electron chi connectivity index (χ0n) is 14.2. The van der Waals surface area contributed by atoms with Crippen LogP contribution in [0.3, 0.4) is 0 Å². The first-order valence-electron chi connectivity index (χ1n) is 8.25. The first kappa shape index (κ1) is 20.0. The van der Waals surface area contributed by atoms with Gasteiger partial charge in [-0.25, -0.2) is 12.8 Å². The second-order valence-electron chi connectivity index (χ2n) is 6.27. The average Bonchev–Trinajstić information content (AvgIpc) is 3.07. The summed E-state index contributed by atoms with van der Waals surface area (Å²) in [5, 5.41) is 2.68. The molecule has 0 saturated carbocycles. The Kier molecular flexibility index (Phi) is 5.97. The fourth-order valence-corrected chi connectivity index (χ4v) is 5.82. The van der Waals surface area contributed by atoms with Crippen molar-refractivity contribution in [1.82, 2.24) is 10.2 Å². The van der Waals surface area contributed by atoms with Gasteiger partial charge in [0.2, 0.25) is 5.91 Å². The van der Waals surface area contributed by atoms with Gasteiger partial charge in [-0.15, -0.1) is 0 Å². The van der Waals surface area contributed by atoms with Crippen molar-refractivity contribution >= 4 is 56.0 Å². The Labute approximate surface area is 166 Å². The summed E-state index contributed by atoms with van der Waals surface area (Å²) < 4.78 is 36.9. The molecular formula is C17H17FN2O4S3. The largest absolute Gasteiger partial charge is 0.352 e. The molecule has 6 nitrogen and oxygen atoms in total. The Morgan fingerprint density at radius 1 is 1.41 bits per heavy atom. The van der Waals surface area contributed by atoms with Gasteiger partial charge in [-0.3, -0.25) is 14.5 Å². The lowest BCUT2D eigenvalue weighted by Gasteiger charge is -2.15. The van der Waals surface area contributed by atoms with Crippen molar-refractivity contribution in [2.24, 2.45) is 0 Å². The van der Waals surface area contributed by atoms with E-state index in [9.17, 15) is 22.4 Å². The topological polar surface area (TPSA) is 83.6 Å². The number of thiocarbonyl (C=S) groups is 1. The SMILES string of the molecule is O=C(CCN1C(=O)/C(=C\c2ccccc2F)SC1=S)NC1CCS(=O)(=O)C1. The first-order valence-corrected chi connectivity index (χ1v) is 11.3. The van der Waals surface area contributed by atoms with Gasteiger partial charge in [0.25, 0.3) is 5.91 Å². The summed E-state index contributed by atoms with van der Waals surface area (Å²) in [5.74, 6) is -1.11. The van der Waals surface area contributed by atoms with E-state index in [1.165, 1.54) is 17.0 Å². The van der Waals surface area contributed by atoms with Crippen LogP contribution in [0.2, 0.25) is 0 Å². The summed E-state index contributed by atoms with van der Waals surface area (Å²) in [6.45, 7) is 0.0879. The maximum atomic E-state index is 13.8. The number of rotatable bonds is 5. The monoisotopic (exact) mass is 428 g/mol. The number of hydrogen-bond donors (Lipinski definition) is 1. The van der Waals surface area contributed by atoms with E-state index in [2.05, 4.69) is 5.32 Å². The quantitative estimate of drug-likeness (QED) is 0.568. The van der Waals surface area contributed by atoms with Crippen molar-refractivity contribution in [2.45, 2.75) is 18.9 Å². The molecule has 10 heteroatoms. The fourth-order valence-electron chi connectivity index (χ4n) is 2.85. The number of benzene rings is 1. The van der Waals surface area contributed by atoms with Crippen molar-refractivity contribution < 1.29 is 22.4 Å². The summed E-state index contributed by atoms with van der Waals surface area (Å²) >= 11 is 6.25. The van der Waals surface area contributed by atoms with Gasteiger partial charge in [-0.1, -0.05) is 42.2 Å². The molecule has 2 fully saturated rings. The number of sulfone groups is 1. The molecule has 27 heavy (non-hydrogen) atoms. The lowest BCUT2D eigenvalue weighted by atomic mass is 10.2. The number of carbonyl (C=O) groups is 2. The van der Waals surface area contributed by atoms with Crippen molar-refractivity contribution in [3.63, 3.8) is 0 Å². The molecule has 0 spiro atoms. The minimum Gasteiger partial charge on any atom is -0.352 e. The van der Waals surface area contributed by atoms with Crippen LogP contribution in [0, 0.1) is 5.82 Å². The average molecular weight is 429 g/mol. The summed E-state index contributed by atoms with van der Waals surface area (Å²) in [4.78, 5) is 26.1. The van der Waals surface area contributed by atoms with Crippen LogP contribution in [-0.2, 0) is 19.4 Å². The van der Waals surface area contributed by atoms with Crippen LogP contribution in [0.5, 0.6) is 0 Å². The first-order chi connectivity index (χ1) is 12.7. The highest BCUT2D eigenvalue weighted by Crippen LogP contribution is 2.33. The Balaban J connectivity index is 1.58. The number of thioether (sulfide) groups is 1. The molecule has 0 bridgehead atoms. The predicted molar refractivity (Wildman–Crippen MR) is 106 cm³/mol. The number of halogens is 1. The fraction of sp³-hybridized carbons (Fsp3) is 0.353. The number of amides is 2. The molecule has 2 amide bonds. The van der Waals surface area contributed by atoms with E-state index in [0.717, 1.165) is 11.8 Å². The van der Waals surface area contributed by atoms with Crippen LogP contribution in [0.25, 0.3) is 6.08 Å². The third-order valence-corrected chi connectivity index (χ3v) is 7.37.